The summed E-state index contributed by atoms with van der Waals surface area (Å²) >= 11 is 0. The Balaban J connectivity index is 1.27. The van der Waals surface area contributed by atoms with Crippen LogP contribution >= 0.6 is 10.0 Å². The van der Waals surface area contributed by atoms with Gasteiger partial charge in [0.05, 0.1) is 11.4 Å². The van der Waals surface area contributed by atoms with E-state index in [1.54, 1.807) is 0 Å². The van der Waals surface area contributed by atoms with Crippen LogP contribution in [0.3, 0.4) is 0 Å². The molecule has 0 radical (unpaired) electrons. The first kappa shape index (κ1) is 62.5. The number of rotatable bonds is 23. The summed E-state index contributed by atoms with van der Waals surface area (Å²) in [6, 6.07) is 32.5. The Bertz CT molecular complexity index is 2690. The minimum Gasteiger partial charge on any atom is -0.507 e. The van der Waals surface area contributed by atoms with Gasteiger partial charge in [0, 0.05) is 39.1 Å². The van der Waals surface area contributed by atoms with E-state index < -0.39 is 10.0 Å². The van der Waals surface area contributed by atoms with Crippen LogP contribution in [0, 0.1) is 35.5 Å². The molecule has 2 N–H and O–H groups in total. The number of phenols is 2. The van der Waals surface area contributed by atoms with E-state index in [0.29, 0.717) is 47.0 Å². The molecular formula is C78H113NO2S. The lowest BCUT2D eigenvalue weighted by atomic mass is 9.54. The van der Waals surface area contributed by atoms with Crippen molar-refractivity contribution in [1.29, 1.82) is 0 Å². The highest BCUT2D eigenvalue weighted by atomic mass is 32.3. The lowest BCUT2D eigenvalue weighted by Crippen LogP contribution is -2.42. The number of hydrogen-bond donors (Lipinski definition) is 2. The highest BCUT2D eigenvalue weighted by molar-refractivity contribution is 8.33. The third-order valence-corrected chi connectivity index (χ3v) is 25.4. The molecule has 9 rings (SSSR count). The van der Waals surface area contributed by atoms with Crippen molar-refractivity contribution in [2.24, 2.45) is 35.5 Å². The van der Waals surface area contributed by atoms with E-state index in [2.05, 4.69) is 175 Å². The number of unbranched alkanes of at least 4 members (excludes halogenated alkanes) is 9. The molecule has 4 aliphatic carbocycles. The summed E-state index contributed by atoms with van der Waals surface area (Å²) in [4.78, 5) is 5.95. The topological polar surface area (TPSA) is 53.4 Å². The lowest BCUT2D eigenvalue weighted by Gasteiger charge is -2.51. The molecule has 1 heterocycles. The van der Waals surface area contributed by atoms with Gasteiger partial charge in [0.15, 0.2) is 0 Å². The molecule has 0 aliphatic heterocycles. The second-order valence-electron chi connectivity index (χ2n) is 30.7. The lowest BCUT2D eigenvalue weighted by molar-refractivity contribution is 0.0760. The number of benzene rings is 4. The second kappa shape index (κ2) is 26.3. The first-order chi connectivity index (χ1) is 39.1. The third-order valence-electron chi connectivity index (χ3n) is 21.0. The first-order valence-corrected chi connectivity index (χ1v) is 36.1. The van der Waals surface area contributed by atoms with Crippen molar-refractivity contribution >= 4 is 10.0 Å². The minimum absolute atomic E-state index is 0.0386. The molecule has 4 saturated carbocycles. The zero-order chi connectivity index (χ0) is 58.6. The number of aromatic hydroxyl groups is 2. The Hall–Kier alpha value is -4.02. The van der Waals surface area contributed by atoms with Gasteiger partial charge >= 0.3 is 0 Å². The number of nitrogens with zero attached hydrogens (tertiary/aromatic N) is 1. The van der Waals surface area contributed by atoms with Crippen LogP contribution in [0.15, 0.2) is 84.9 Å². The summed E-state index contributed by atoms with van der Waals surface area (Å²) in [7, 11) is -1.05. The number of aromatic nitrogens is 1. The van der Waals surface area contributed by atoms with Crippen LogP contribution in [0.25, 0.3) is 44.8 Å². The molecular weight excluding hydrogens is 1010 g/mol. The van der Waals surface area contributed by atoms with Gasteiger partial charge in [0.25, 0.3) is 0 Å². The van der Waals surface area contributed by atoms with E-state index in [1.807, 2.05) is 0 Å². The molecule has 4 unspecified atom stereocenters. The Labute approximate surface area is 502 Å². The zero-order valence-electron chi connectivity index (χ0n) is 54.2. The average Bonchev–Trinajstić information content (AvgIpc) is 2.26. The Morgan fingerprint density at radius 3 is 1.11 bits per heavy atom. The quantitative estimate of drug-likeness (QED) is 0.0641. The van der Waals surface area contributed by atoms with Crippen molar-refractivity contribution in [3.8, 4) is 56.3 Å². The van der Waals surface area contributed by atoms with Crippen molar-refractivity contribution in [2.45, 2.75) is 259 Å². The highest BCUT2D eigenvalue weighted by Gasteiger charge is 2.49. The maximum absolute atomic E-state index is 13.3. The third kappa shape index (κ3) is 14.1. The predicted molar refractivity (Wildman–Crippen MR) is 358 cm³/mol. The molecule has 448 valence electrons. The molecule has 82 heavy (non-hydrogen) atoms. The van der Waals surface area contributed by atoms with Gasteiger partial charge in [0.2, 0.25) is 0 Å². The molecule has 5 aromatic rings. The van der Waals surface area contributed by atoms with Crippen molar-refractivity contribution < 1.29 is 10.2 Å². The average molecular weight is 1130 g/mol. The monoisotopic (exact) mass is 1130 g/mol. The molecule has 4 bridgehead atoms. The fraction of sp³-hybridized carbons (Fsp3) is 0.628. The van der Waals surface area contributed by atoms with Gasteiger partial charge in [-0.05, 0) is 210 Å². The minimum atomic E-state index is -1.05. The van der Waals surface area contributed by atoms with Crippen LogP contribution in [-0.4, -0.2) is 32.5 Å². The van der Waals surface area contributed by atoms with Crippen LogP contribution < -0.4 is 0 Å². The molecule has 4 fully saturated rings. The SMILES string of the molecule is CCCCCCS(CCCCCC)(CCCCCC)Cc1cc(-c2ccccc2-c2cc(C(C)(C)C)cc(C34CC(C)CC(CC(C)C3)C4)c2O)nc(-c2ccccc2-c2cc(C(C)(C)C)cc(C34CC(C)CC(CC(C)C3)C4)c2O)c1. The van der Waals surface area contributed by atoms with Crippen molar-refractivity contribution in [2.75, 3.05) is 17.3 Å². The van der Waals surface area contributed by atoms with Crippen LogP contribution in [0.5, 0.6) is 11.5 Å². The fourth-order valence-corrected chi connectivity index (χ4v) is 22.0. The summed E-state index contributed by atoms with van der Waals surface area (Å²) < 4.78 is 0. The summed E-state index contributed by atoms with van der Waals surface area (Å²) in [6.07, 6.45) is 27.7. The maximum atomic E-state index is 13.3. The molecule has 1 aromatic heterocycles. The first-order valence-electron chi connectivity index (χ1n) is 33.8. The van der Waals surface area contributed by atoms with Crippen molar-refractivity contribution in [3.05, 3.63) is 113 Å². The number of hydrogen-bond acceptors (Lipinski definition) is 3. The predicted octanol–water partition coefficient (Wildman–Crippen LogP) is 23.0. The van der Waals surface area contributed by atoms with Crippen LogP contribution in [-0.2, 0) is 27.4 Å². The molecule has 0 saturated heterocycles. The van der Waals surface area contributed by atoms with Crippen LogP contribution in [0.4, 0.5) is 0 Å². The van der Waals surface area contributed by atoms with Gasteiger partial charge in [-0.25, -0.2) is 15.0 Å². The summed E-state index contributed by atoms with van der Waals surface area (Å²) in [5, 5.41) is 26.5. The Kier molecular flexibility index (Phi) is 20.1. The maximum Gasteiger partial charge on any atom is 0.127 e. The second-order valence-corrected chi connectivity index (χ2v) is 34.7. The van der Waals surface area contributed by atoms with Gasteiger partial charge in [-0.2, -0.15) is 0 Å². The van der Waals surface area contributed by atoms with Crippen LogP contribution in [0.1, 0.15) is 259 Å². The van der Waals surface area contributed by atoms with Crippen molar-refractivity contribution in [1.82, 2.24) is 4.98 Å². The number of pyridine rings is 1. The van der Waals surface area contributed by atoms with Gasteiger partial charge in [-0.15, -0.1) is 0 Å². The molecule has 4 aromatic carbocycles. The van der Waals surface area contributed by atoms with Gasteiger partial charge < -0.3 is 10.2 Å². The van der Waals surface area contributed by atoms with Gasteiger partial charge in [-0.3, -0.25) is 0 Å². The zero-order valence-corrected chi connectivity index (χ0v) is 55.0. The van der Waals surface area contributed by atoms with E-state index in [9.17, 15) is 10.2 Å². The number of phenolic OH excluding ortho intramolecular Hbond substituents is 2. The summed E-state index contributed by atoms with van der Waals surface area (Å²) in [5.41, 5.74) is 14.2. The molecule has 0 amide bonds. The van der Waals surface area contributed by atoms with Gasteiger partial charge in [-0.1, -0.05) is 208 Å². The normalized spacial score (nSPS) is 25.1. The van der Waals surface area contributed by atoms with Crippen molar-refractivity contribution in [3.63, 3.8) is 0 Å². The van der Waals surface area contributed by atoms with Crippen LogP contribution in [0.2, 0.25) is 0 Å². The molecule has 3 nitrogen and oxygen atoms in total. The summed E-state index contributed by atoms with van der Waals surface area (Å²) in [5.74, 6) is 10.1. The van der Waals surface area contributed by atoms with E-state index in [1.165, 1.54) is 161 Å². The molecule has 0 spiro atoms. The molecule has 4 atom stereocenters. The fourth-order valence-electron chi connectivity index (χ4n) is 17.6. The smallest absolute Gasteiger partial charge is 0.127 e. The highest BCUT2D eigenvalue weighted by Crippen LogP contribution is 2.60. The largest absolute Gasteiger partial charge is 0.507 e. The van der Waals surface area contributed by atoms with E-state index in [4.69, 9.17) is 4.98 Å². The standard InChI is InChI=1S/C78H113NO2S/c1-14-17-20-27-34-82(35-28-21-18-15-2,36-29-22-19-16-3)53-60-41-71(65-32-25-23-30-63(65)67-43-61(75(8,9)10)45-69(73(67)80)77-47-54(4)37-58(51-77)38-55(5)48-77)79-72(42-60)66-33-26-24-31-64(66)68-44-62(76(11,12)13)46-70(74(68)81)78-49-56(6)39-59(52-78)40-57(7)50-78/h23-26,30-33,41-46,54-59,80-81H,14-22,27-29,34-40,47-53H2,1-13H3. The van der Waals surface area contributed by atoms with E-state index in [-0.39, 0.29) is 21.7 Å². The molecule has 4 aliphatic rings. The number of fused-ring (bicyclic) bond motifs is 4. The van der Waals surface area contributed by atoms with E-state index >= 15 is 0 Å². The molecule has 4 heteroatoms. The Morgan fingerprint density at radius 1 is 0.439 bits per heavy atom. The van der Waals surface area contributed by atoms with E-state index in [0.717, 1.165) is 76.2 Å². The van der Waals surface area contributed by atoms with Gasteiger partial charge in [0.1, 0.15) is 11.5 Å². The summed E-state index contributed by atoms with van der Waals surface area (Å²) in [6.45, 7) is 31.0. The Morgan fingerprint density at radius 2 is 0.780 bits per heavy atom.